The summed E-state index contributed by atoms with van der Waals surface area (Å²) in [5.74, 6) is 0. The molecule has 2 fully saturated rings. The molecule has 1 N–H and O–H groups in total. The van der Waals surface area contributed by atoms with Crippen molar-refractivity contribution in [1.29, 1.82) is 0 Å². The number of rotatable bonds is 8. The predicted octanol–water partition coefficient (Wildman–Crippen LogP) is 1.64. The molecule has 2 aliphatic heterocycles. The average Bonchev–Trinajstić information content (AvgIpc) is 2.53. The zero-order valence-corrected chi connectivity index (χ0v) is 14.0. The molecular formula is C17H35N3O. The largest absolute Gasteiger partial charge is 0.396 e. The highest BCUT2D eigenvalue weighted by Gasteiger charge is 2.26. The van der Waals surface area contributed by atoms with Gasteiger partial charge in [-0.15, -0.1) is 0 Å². The van der Waals surface area contributed by atoms with Gasteiger partial charge in [0.25, 0.3) is 0 Å². The third kappa shape index (κ3) is 5.85. The second kappa shape index (κ2) is 9.78. The number of nitrogens with zero attached hydrogens (tertiary/aromatic N) is 3. The molecule has 4 nitrogen and oxygen atoms in total. The predicted molar refractivity (Wildman–Crippen MR) is 88.7 cm³/mol. The summed E-state index contributed by atoms with van der Waals surface area (Å²) in [6.45, 7) is 12.8. The van der Waals surface area contributed by atoms with E-state index in [0.717, 1.165) is 12.5 Å². The van der Waals surface area contributed by atoms with E-state index in [1.54, 1.807) is 0 Å². The highest BCUT2D eigenvalue weighted by Crippen LogP contribution is 2.18. The van der Waals surface area contributed by atoms with Gasteiger partial charge >= 0.3 is 0 Å². The van der Waals surface area contributed by atoms with E-state index in [0.29, 0.717) is 6.61 Å². The molecule has 2 aliphatic rings. The molecule has 0 aromatic rings. The topological polar surface area (TPSA) is 30.0 Å². The summed E-state index contributed by atoms with van der Waals surface area (Å²) in [5.41, 5.74) is 0. The second-order valence-corrected chi connectivity index (χ2v) is 6.73. The summed E-state index contributed by atoms with van der Waals surface area (Å²) in [6.07, 6.45) is 7.42. The van der Waals surface area contributed by atoms with Crippen LogP contribution in [-0.2, 0) is 0 Å². The quantitative estimate of drug-likeness (QED) is 0.690. The number of hydrogen-bond donors (Lipinski definition) is 1. The second-order valence-electron chi connectivity index (χ2n) is 6.73. The molecule has 124 valence electrons. The summed E-state index contributed by atoms with van der Waals surface area (Å²) in [4.78, 5) is 7.99. The van der Waals surface area contributed by atoms with Gasteiger partial charge in [-0.3, -0.25) is 4.90 Å². The van der Waals surface area contributed by atoms with E-state index < -0.39 is 0 Å². The molecule has 0 saturated carbocycles. The average molecular weight is 297 g/mol. The minimum Gasteiger partial charge on any atom is -0.396 e. The molecule has 4 heteroatoms. The minimum atomic E-state index is 0.352. The van der Waals surface area contributed by atoms with Crippen molar-refractivity contribution in [3.63, 3.8) is 0 Å². The summed E-state index contributed by atoms with van der Waals surface area (Å²) in [5, 5.41) is 8.81. The van der Waals surface area contributed by atoms with Crippen LogP contribution in [0, 0.1) is 0 Å². The first kappa shape index (κ1) is 17.2. The number of unbranched alkanes of at least 4 members (excludes halogenated alkanes) is 2. The molecule has 2 heterocycles. The van der Waals surface area contributed by atoms with Gasteiger partial charge in [0, 0.05) is 38.8 Å². The van der Waals surface area contributed by atoms with Gasteiger partial charge in [0.05, 0.1) is 0 Å². The Morgan fingerprint density at radius 3 is 2.10 bits per heavy atom. The van der Waals surface area contributed by atoms with Crippen molar-refractivity contribution in [1.82, 2.24) is 14.7 Å². The Hall–Kier alpha value is -0.160. The van der Waals surface area contributed by atoms with E-state index in [2.05, 4.69) is 21.6 Å². The molecular weight excluding hydrogens is 262 g/mol. The molecule has 0 atom stereocenters. The van der Waals surface area contributed by atoms with E-state index in [9.17, 15) is 0 Å². The smallest absolute Gasteiger partial charge is 0.0431 e. The van der Waals surface area contributed by atoms with Crippen molar-refractivity contribution in [2.75, 3.05) is 59.0 Å². The van der Waals surface area contributed by atoms with Gasteiger partial charge in [-0.25, -0.2) is 0 Å². The molecule has 21 heavy (non-hydrogen) atoms. The molecule has 0 aliphatic carbocycles. The van der Waals surface area contributed by atoms with Crippen LogP contribution >= 0.6 is 0 Å². The monoisotopic (exact) mass is 297 g/mol. The standard InChI is InChI=1S/C17H35N3O/c1-2-8-18-10-6-17(7-11-18)20-14-12-19(13-15-20)9-4-3-5-16-21/h17,21H,2-16H2,1H3. The Morgan fingerprint density at radius 1 is 0.810 bits per heavy atom. The third-order valence-corrected chi connectivity index (χ3v) is 5.15. The summed E-state index contributed by atoms with van der Waals surface area (Å²) in [6, 6.07) is 0.842. The maximum absolute atomic E-state index is 8.81. The third-order valence-electron chi connectivity index (χ3n) is 5.15. The Labute approximate surface area is 131 Å². The van der Waals surface area contributed by atoms with Crippen molar-refractivity contribution >= 4 is 0 Å². The minimum absolute atomic E-state index is 0.352. The summed E-state index contributed by atoms with van der Waals surface area (Å²) < 4.78 is 0. The first-order valence-electron chi connectivity index (χ1n) is 9.13. The van der Waals surface area contributed by atoms with E-state index in [1.807, 2.05) is 0 Å². The van der Waals surface area contributed by atoms with E-state index >= 15 is 0 Å². The molecule has 0 bridgehead atoms. The first-order valence-corrected chi connectivity index (χ1v) is 9.13. The normalized spacial score (nSPS) is 23.7. The Morgan fingerprint density at radius 2 is 1.48 bits per heavy atom. The van der Waals surface area contributed by atoms with Gasteiger partial charge in [0.1, 0.15) is 0 Å². The Bertz CT molecular complexity index is 259. The first-order chi connectivity index (χ1) is 10.3. The van der Waals surface area contributed by atoms with Crippen LogP contribution in [0.1, 0.15) is 45.4 Å². The fourth-order valence-electron chi connectivity index (χ4n) is 3.80. The maximum Gasteiger partial charge on any atom is 0.0431 e. The van der Waals surface area contributed by atoms with Gasteiger partial charge < -0.3 is 14.9 Å². The molecule has 2 saturated heterocycles. The van der Waals surface area contributed by atoms with Crippen molar-refractivity contribution in [3.8, 4) is 0 Å². The van der Waals surface area contributed by atoms with Crippen molar-refractivity contribution in [2.45, 2.75) is 51.5 Å². The number of piperazine rings is 1. The lowest BCUT2D eigenvalue weighted by molar-refractivity contribution is 0.0586. The lowest BCUT2D eigenvalue weighted by Gasteiger charge is -2.42. The fourth-order valence-corrected chi connectivity index (χ4v) is 3.80. The van der Waals surface area contributed by atoms with Gasteiger partial charge in [0.15, 0.2) is 0 Å². The number of likely N-dealkylation sites (tertiary alicyclic amines) is 1. The van der Waals surface area contributed by atoms with Crippen LogP contribution in [0.2, 0.25) is 0 Å². The zero-order chi connectivity index (χ0) is 14.9. The van der Waals surface area contributed by atoms with Crippen LogP contribution in [0.5, 0.6) is 0 Å². The lowest BCUT2D eigenvalue weighted by Crippen LogP contribution is -2.53. The van der Waals surface area contributed by atoms with Crippen LogP contribution in [0.15, 0.2) is 0 Å². The van der Waals surface area contributed by atoms with Gasteiger partial charge in [-0.05, 0) is 64.7 Å². The van der Waals surface area contributed by atoms with Crippen molar-refractivity contribution < 1.29 is 5.11 Å². The van der Waals surface area contributed by atoms with Crippen LogP contribution in [0.25, 0.3) is 0 Å². The molecule has 2 rings (SSSR count). The Kier molecular flexibility index (Phi) is 8.01. The van der Waals surface area contributed by atoms with E-state index in [-0.39, 0.29) is 0 Å². The van der Waals surface area contributed by atoms with Gasteiger partial charge in [-0.2, -0.15) is 0 Å². The van der Waals surface area contributed by atoms with Gasteiger partial charge in [-0.1, -0.05) is 6.92 Å². The number of hydrogen-bond acceptors (Lipinski definition) is 4. The number of aliphatic hydroxyl groups is 1. The summed E-state index contributed by atoms with van der Waals surface area (Å²) >= 11 is 0. The van der Waals surface area contributed by atoms with Crippen molar-refractivity contribution in [2.24, 2.45) is 0 Å². The number of piperidine rings is 1. The molecule has 0 aromatic carbocycles. The van der Waals surface area contributed by atoms with E-state index in [4.69, 9.17) is 5.11 Å². The molecule has 0 amide bonds. The van der Waals surface area contributed by atoms with Crippen LogP contribution < -0.4 is 0 Å². The highest BCUT2D eigenvalue weighted by atomic mass is 16.2. The SMILES string of the molecule is CCCN1CCC(N2CCN(CCCCCO)CC2)CC1. The lowest BCUT2D eigenvalue weighted by atomic mass is 10.0. The van der Waals surface area contributed by atoms with Crippen molar-refractivity contribution in [3.05, 3.63) is 0 Å². The Balaban J connectivity index is 1.59. The molecule has 0 spiro atoms. The molecule has 0 radical (unpaired) electrons. The zero-order valence-electron chi connectivity index (χ0n) is 14.0. The highest BCUT2D eigenvalue weighted by molar-refractivity contribution is 4.83. The molecule has 0 unspecified atom stereocenters. The van der Waals surface area contributed by atoms with Gasteiger partial charge in [0.2, 0.25) is 0 Å². The van der Waals surface area contributed by atoms with Crippen LogP contribution in [0.4, 0.5) is 0 Å². The van der Waals surface area contributed by atoms with E-state index in [1.165, 1.54) is 84.5 Å². The molecule has 0 aromatic heterocycles. The summed E-state index contributed by atoms with van der Waals surface area (Å²) in [7, 11) is 0. The maximum atomic E-state index is 8.81. The van der Waals surface area contributed by atoms with Crippen LogP contribution in [-0.4, -0.2) is 84.8 Å². The van der Waals surface area contributed by atoms with Crippen LogP contribution in [0.3, 0.4) is 0 Å². The fraction of sp³-hybridized carbons (Fsp3) is 1.00. The number of aliphatic hydroxyl groups excluding tert-OH is 1.